The molecule has 1 N–H and O–H groups in total. The lowest BCUT2D eigenvalue weighted by Crippen LogP contribution is -2.40. The SMILES string of the molecule is CC(C)N1CCc2nc([C@H]3CCCN3C(=O)Cc3cccc(F)c3)[nH]c(=O)c2C1. The molecule has 0 spiro atoms. The Morgan fingerprint density at radius 3 is 2.93 bits per heavy atom. The Bertz CT molecular complexity index is 972. The number of hydrogen-bond acceptors (Lipinski definition) is 4. The van der Waals surface area contributed by atoms with Crippen LogP contribution >= 0.6 is 0 Å². The number of benzene rings is 1. The number of nitrogens with zero attached hydrogens (tertiary/aromatic N) is 3. The minimum atomic E-state index is -0.343. The molecule has 4 rings (SSSR count). The molecule has 2 aromatic rings. The first kappa shape index (κ1) is 19.8. The first-order valence-electron chi connectivity index (χ1n) is 10.3. The Kier molecular flexibility index (Phi) is 5.50. The fourth-order valence-electron chi connectivity index (χ4n) is 4.34. The fourth-order valence-corrected chi connectivity index (χ4v) is 4.34. The minimum Gasteiger partial charge on any atom is -0.332 e. The number of fused-ring (bicyclic) bond motifs is 1. The maximum atomic E-state index is 13.4. The highest BCUT2D eigenvalue weighted by atomic mass is 19.1. The largest absolute Gasteiger partial charge is 0.332 e. The summed E-state index contributed by atoms with van der Waals surface area (Å²) in [4.78, 5) is 37.4. The van der Waals surface area contributed by atoms with Gasteiger partial charge in [-0.15, -0.1) is 0 Å². The van der Waals surface area contributed by atoms with Crippen LogP contribution in [-0.4, -0.2) is 44.8 Å². The van der Waals surface area contributed by atoms with Crippen LogP contribution in [0.15, 0.2) is 29.1 Å². The Morgan fingerprint density at radius 1 is 1.34 bits per heavy atom. The molecule has 1 saturated heterocycles. The first-order chi connectivity index (χ1) is 13.9. The van der Waals surface area contributed by atoms with Crippen LogP contribution in [-0.2, 0) is 24.2 Å². The van der Waals surface area contributed by atoms with E-state index in [1.165, 1.54) is 12.1 Å². The molecule has 3 heterocycles. The van der Waals surface area contributed by atoms with Gasteiger partial charge in [0.2, 0.25) is 5.91 Å². The molecule has 6 nitrogen and oxygen atoms in total. The van der Waals surface area contributed by atoms with E-state index in [9.17, 15) is 14.0 Å². The van der Waals surface area contributed by atoms with E-state index in [-0.39, 0.29) is 29.7 Å². The van der Waals surface area contributed by atoms with E-state index in [1.54, 1.807) is 17.0 Å². The molecule has 2 aliphatic heterocycles. The molecule has 1 aromatic heterocycles. The Hall–Kier alpha value is -2.54. The zero-order valence-corrected chi connectivity index (χ0v) is 16.9. The van der Waals surface area contributed by atoms with Crippen molar-refractivity contribution >= 4 is 5.91 Å². The average molecular weight is 398 g/mol. The molecule has 0 unspecified atom stereocenters. The van der Waals surface area contributed by atoms with Crippen LogP contribution < -0.4 is 5.56 Å². The number of carbonyl (C=O) groups is 1. The zero-order chi connectivity index (χ0) is 20.5. The lowest BCUT2D eigenvalue weighted by Gasteiger charge is -2.31. The second kappa shape index (κ2) is 8.06. The molecule has 1 amide bonds. The van der Waals surface area contributed by atoms with Crippen molar-refractivity contribution in [3.8, 4) is 0 Å². The predicted molar refractivity (Wildman–Crippen MR) is 108 cm³/mol. The first-order valence-corrected chi connectivity index (χ1v) is 10.3. The number of carbonyl (C=O) groups excluding carboxylic acids is 1. The van der Waals surface area contributed by atoms with Gasteiger partial charge in [0.25, 0.3) is 5.56 Å². The molecule has 0 saturated carbocycles. The summed E-state index contributed by atoms with van der Waals surface area (Å²) >= 11 is 0. The van der Waals surface area contributed by atoms with Gasteiger partial charge < -0.3 is 9.88 Å². The van der Waals surface area contributed by atoms with E-state index in [4.69, 9.17) is 4.98 Å². The summed E-state index contributed by atoms with van der Waals surface area (Å²) in [5.41, 5.74) is 2.15. The summed E-state index contributed by atoms with van der Waals surface area (Å²) in [5.74, 6) is 0.172. The molecule has 1 fully saturated rings. The van der Waals surface area contributed by atoms with Crippen molar-refractivity contribution in [2.45, 2.75) is 58.2 Å². The highest BCUT2D eigenvalue weighted by Gasteiger charge is 2.33. The van der Waals surface area contributed by atoms with Crippen molar-refractivity contribution in [1.82, 2.24) is 19.8 Å². The maximum Gasteiger partial charge on any atom is 0.255 e. The van der Waals surface area contributed by atoms with Crippen LogP contribution in [0.1, 0.15) is 55.4 Å². The molecule has 0 radical (unpaired) electrons. The molecule has 29 heavy (non-hydrogen) atoms. The quantitative estimate of drug-likeness (QED) is 0.860. The van der Waals surface area contributed by atoms with E-state index in [0.29, 0.717) is 30.5 Å². The number of likely N-dealkylation sites (tertiary alicyclic amines) is 1. The Morgan fingerprint density at radius 2 is 2.17 bits per heavy atom. The van der Waals surface area contributed by atoms with Gasteiger partial charge in [0.15, 0.2) is 0 Å². The van der Waals surface area contributed by atoms with Gasteiger partial charge in [0.05, 0.1) is 23.7 Å². The molecule has 1 atom stereocenters. The van der Waals surface area contributed by atoms with Crippen LogP contribution in [0.5, 0.6) is 0 Å². The summed E-state index contributed by atoms with van der Waals surface area (Å²) < 4.78 is 13.4. The molecule has 2 aliphatic rings. The second-order valence-corrected chi connectivity index (χ2v) is 8.24. The monoisotopic (exact) mass is 398 g/mol. The lowest BCUT2D eigenvalue weighted by molar-refractivity contribution is -0.131. The topological polar surface area (TPSA) is 69.3 Å². The van der Waals surface area contributed by atoms with Crippen LogP contribution in [0, 0.1) is 5.82 Å². The summed E-state index contributed by atoms with van der Waals surface area (Å²) in [7, 11) is 0. The zero-order valence-electron chi connectivity index (χ0n) is 16.9. The van der Waals surface area contributed by atoms with Gasteiger partial charge in [0.1, 0.15) is 11.6 Å². The van der Waals surface area contributed by atoms with Crippen molar-refractivity contribution in [2.24, 2.45) is 0 Å². The number of hydrogen-bond donors (Lipinski definition) is 1. The number of rotatable bonds is 4. The lowest BCUT2D eigenvalue weighted by atomic mass is 10.0. The third-order valence-corrected chi connectivity index (χ3v) is 5.98. The number of aromatic amines is 1. The maximum absolute atomic E-state index is 13.4. The Balaban J connectivity index is 1.55. The average Bonchev–Trinajstić information content (AvgIpc) is 3.17. The smallest absolute Gasteiger partial charge is 0.255 e. The number of amides is 1. The third kappa shape index (κ3) is 4.10. The summed E-state index contributed by atoms with van der Waals surface area (Å²) in [6, 6.07) is 6.29. The summed E-state index contributed by atoms with van der Waals surface area (Å²) in [5, 5.41) is 0. The van der Waals surface area contributed by atoms with Gasteiger partial charge in [-0.25, -0.2) is 9.37 Å². The summed E-state index contributed by atoms with van der Waals surface area (Å²) in [6.07, 6.45) is 2.53. The standard InChI is InChI=1S/C22H27FN4O2/c1-14(2)26-10-8-18-17(13-26)22(29)25-21(24-18)19-7-4-9-27(19)20(28)12-15-5-3-6-16(23)11-15/h3,5-6,11,14,19H,4,7-10,12-13H2,1-2H3,(H,24,25,29)/t19-/m1/s1. The van der Waals surface area contributed by atoms with Gasteiger partial charge in [-0.05, 0) is 44.4 Å². The van der Waals surface area contributed by atoms with Gasteiger partial charge >= 0.3 is 0 Å². The molecule has 0 aliphatic carbocycles. The third-order valence-electron chi connectivity index (χ3n) is 5.98. The summed E-state index contributed by atoms with van der Waals surface area (Å²) in [6.45, 7) is 6.37. The van der Waals surface area contributed by atoms with E-state index >= 15 is 0 Å². The molecule has 0 bridgehead atoms. The molecule has 1 aromatic carbocycles. The van der Waals surface area contributed by atoms with Gasteiger partial charge in [-0.2, -0.15) is 0 Å². The molecule has 7 heteroatoms. The fraction of sp³-hybridized carbons (Fsp3) is 0.500. The van der Waals surface area contributed by atoms with Crippen molar-refractivity contribution in [3.63, 3.8) is 0 Å². The second-order valence-electron chi connectivity index (χ2n) is 8.24. The molecular formula is C22H27FN4O2. The van der Waals surface area contributed by atoms with Crippen LogP contribution in [0.25, 0.3) is 0 Å². The van der Waals surface area contributed by atoms with E-state index in [1.807, 2.05) is 0 Å². The van der Waals surface area contributed by atoms with E-state index in [2.05, 4.69) is 23.7 Å². The van der Waals surface area contributed by atoms with Gasteiger partial charge in [-0.3, -0.25) is 14.5 Å². The van der Waals surface area contributed by atoms with Gasteiger partial charge in [-0.1, -0.05) is 12.1 Å². The van der Waals surface area contributed by atoms with Crippen molar-refractivity contribution < 1.29 is 9.18 Å². The molecular weight excluding hydrogens is 371 g/mol. The number of nitrogens with one attached hydrogen (secondary N) is 1. The number of aromatic nitrogens is 2. The van der Waals surface area contributed by atoms with Crippen molar-refractivity contribution in [3.05, 3.63) is 63.1 Å². The van der Waals surface area contributed by atoms with Crippen LogP contribution in [0.4, 0.5) is 4.39 Å². The molecule has 154 valence electrons. The minimum absolute atomic E-state index is 0.0653. The predicted octanol–water partition coefficient (Wildman–Crippen LogP) is 2.58. The Labute approximate surface area is 169 Å². The normalized spacial score (nSPS) is 19.6. The number of H-pyrrole nitrogens is 1. The van der Waals surface area contributed by atoms with Crippen LogP contribution in [0.3, 0.4) is 0 Å². The highest BCUT2D eigenvalue weighted by Crippen LogP contribution is 2.31. The van der Waals surface area contributed by atoms with E-state index in [0.717, 1.165) is 37.1 Å². The van der Waals surface area contributed by atoms with E-state index < -0.39 is 0 Å². The van der Waals surface area contributed by atoms with Crippen molar-refractivity contribution in [2.75, 3.05) is 13.1 Å². The van der Waals surface area contributed by atoms with Crippen molar-refractivity contribution in [1.29, 1.82) is 0 Å². The van der Waals surface area contributed by atoms with Gasteiger partial charge in [0, 0.05) is 32.1 Å². The highest BCUT2D eigenvalue weighted by molar-refractivity contribution is 5.79. The van der Waals surface area contributed by atoms with Crippen LogP contribution in [0.2, 0.25) is 0 Å². The number of halogens is 1.